The van der Waals surface area contributed by atoms with Crippen LogP contribution in [-0.2, 0) is 10.2 Å². The predicted octanol–water partition coefficient (Wildman–Crippen LogP) is 3.44. The van der Waals surface area contributed by atoms with E-state index in [0.717, 1.165) is 36.6 Å². The molecule has 34 heavy (non-hydrogen) atoms. The molecule has 1 saturated carbocycles. The number of aliphatic imine (C=N–C) groups is 1. The van der Waals surface area contributed by atoms with Crippen molar-refractivity contribution >= 4 is 23.6 Å². The molecule has 0 unspecified atom stereocenters. The molecule has 0 bridgehead atoms. The minimum absolute atomic E-state index is 0.00128. The molecule has 1 saturated heterocycles. The molecule has 9 nitrogen and oxygen atoms in total. The van der Waals surface area contributed by atoms with Gasteiger partial charge in [0.15, 0.2) is 0 Å². The monoisotopic (exact) mass is 463 g/mol. The van der Waals surface area contributed by atoms with E-state index in [0.29, 0.717) is 31.0 Å². The van der Waals surface area contributed by atoms with Crippen LogP contribution in [-0.4, -0.2) is 71.7 Å². The summed E-state index contributed by atoms with van der Waals surface area (Å²) < 4.78 is 5.57. The zero-order valence-electron chi connectivity index (χ0n) is 20.7. The number of rotatable bonds is 3. The van der Waals surface area contributed by atoms with Gasteiger partial charge in [-0.25, -0.2) is 14.8 Å². The first kappa shape index (κ1) is 23.7. The summed E-state index contributed by atoms with van der Waals surface area (Å²) in [4.78, 5) is 32.6. The SMILES string of the molecule is C=C/C(C#N)=C\C(=NC)N1CC2(CC2)c2c1ncnc2N1CCN(C(=O)OC(C)(C)C)C[C@H]1C. The van der Waals surface area contributed by atoms with Crippen LogP contribution >= 0.6 is 0 Å². The van der Waals surface area contributed by atoms with E-state index in [1.165, 1.54) is 6.08 Å². The second-order valence-electron chi connectivity index (χ2n) is 10.2. The van der Waals surface area contributed by atoms with E-state index in [-0.39, 0.29) is 17.6 Å². The Bertz CT molecular complexity index is 1090. The number of anilines is 2. The first-order valence-corrected chi connectivity index (χ1v) is 11.7. The number of aromatic nitrogens is 2. The number of amidine groups is 1. The van der Waals surface area contributed by atoms with Gasteiger partial charge in [0.2, 0.25) is 0 Å². The number of hydrogen-bond donors (Lipinski definition) is 0. The Kier molecular flexibility index (Phi) is 6.11. The van der Waals surface area contributed by atoms with Gasteiger partial charge in [0.25, 0.3) is 0 Å². The fraction of sp³-hybridized carbons (Fsp3) is 0.560. The predicted molar refractivity (Wildman–Crippen MR) is 132 cm³/mol. The summed E-state index contributed by atoms with van der Waals surface area (Å²) in [7, 11) is 1.72. The maximum atomic E-state index is 12.6. The van der Waals surface area contributed by atoms with Crippen molar-refractivity contribution in [2.45, 2.75) is 57.6 Å². The van der Waals surface area contributed by atoms with E-state index in [1.54, 1.807) is 24.4 Å². The third-order valence-corrected chi connectivity index (χ3v) is 6.60. The first-order chi connectivity index (χ1) is 16.1. The zero-order chi connectivity index (χ0) is 24.7. The largest absolute Gasteiger partial charge is 0.444 e. The highest BCUT2D eigenvalue weighted by Gasteiger charge is 2.56. The van der Waals surface area contributed by atoms with Crippen LogP contribution in [0.4, 0.5) is 16.4 Å². The van der Waals surface area contributed by atoms with E-state index in [2.05, 4.69) is 39.3 Å². The second-order valence-corrected chi connectivity index (χ2v) is 10.2. The molecule has 1 aromatic rings. The molecule has 1 aromatic heterocycles. The molecule has 0 aromatic carbocycles. The number of ether oxygens (including phenoxy) is 1. The molecule has 4 rings (SSSR count). The summed E-state index contributed by atoms with van der Waals surface area (Å²) in [5, 5.41) is 9.36. The van der Waals surface area contributed by atoms with Crippen molar-refractivity contribution in [1.82, 2.24) is 14.9 Å². The fourth-order valence-electron chi connectivity index (χ4n) is 4.77. The number of piperazine rings is 1. The molecule has 9 heteroatoms. The molecule has 3 heterocycles. The molecule has 180 valence electrons. The van der Waals surface area contributed by atoms with Gasteiger partial charge in [0.05, 0.1) is 11.6 Å². The van der Waals surface area contributed by atoms with E-state index in [1.807, 2.05) is 20.8 Å². The van der Waals surface area contributed by atoms with Crippen molar-refractivity contribution in [3.8, 4) is 6.07 Å². The number of allylic oxidation sites excluding steroid dienone is 2. The van der Waals surface area contributed by atoms with Gasteiger partial charge in [-0.1, -0.05) is 12.7 Å². The lowest BCUT2D eigenvalue weighted by atomic mass is 9.99. The maximum absolute atomic E-state index is 12.6. The number of fused-ring (bicyclic) bond motifs is 2. The Morgan fingerprint density at radius 1 is 1.32 bits per heavy atom. The summed E-state index contributed by atoms with van der Waals surface area (Å²) in [6.45, 7) is 14.1. The molecule has 1 atom stereocenters. The van der Waals surface area contributed by atoms with Crippen molar-refractivity contribution < 1.29 is 9.53 Å². The summed E-state index contributed by atoms with van der Waals surface area (Å²) in [5.74, 6) is 2.47. The Morgan fingerprint density at radius 2 is 2.03 bits per heavy atom. The lowest BCUT2D eigenvalue weighted by molar-refractivity contribution is 0.0218. The number of hydrogen-bond acceptors (Lipinski definition) is 7. The Labute approximate surface area is 201 Å². The van der Waals surface area contributed by atoms with Crippen LogP contribution in [0, 0.1) is 11.3 Å². The van der Waals surface area contributed by atoms with E-state index < -0.39 is 5.60 Å². The van der Waals surface area contributed by atoms with Crippen molar-refractivity contribution in [1.29, 1.82) is 5.26 Å². The van der Waals surface area contributed by atoms with Gasteiger partial charge in [-0.2, -0.15) is 5.26 Å². The van der Waals surface area contributed by atoms with Gasteiger partial charge in [0.1, 0.15) is 29.4 Å². The Balaban J connectivity index is 1.62. The average Bonchev–Trinajstić information content (AvgIpc) is 3.49. The highest BCUT2D eigenvalue weighted by atomic mass is 16.6. The van der Waals surface area contributed by atoms with Crippen LogP contribution in [0.2, 0.25) is 0 Å². The highest BCUT2D eigenvalue weighted by Crippen LogP contribution is 2.58. The summed E-state index contributed by atoms with van der Waals surface area (Å²) >= 11 is 0. The van der Waals surface area contributed by atoms with Gasteiger partial charge >= 0.3 is 6.09 Å². The summed E-state index contributed by atoms with van der Waals surface area (Å²) in [6.07, 6.45) is 6.75. The summed E-state index contributed by atoms with van der Waals surface area (Å²) in [6, 6.07) is 2.23. The van der Waals surface area contributed by atoms with Crippen LogP contribution in [0.25, 0.3) is 0 Å². The minimum atomic E-state index is -0.517. The molecule has 2 fully saturated rings. The quantitative estimate of drug-likeness (QED) is 0.293. The third kappa shape index (κ3) is 4.37. The molecule has 1 amide bonds. The lowest BCUT2D eigenvalue weighted by Gasteiger charge is -2.41. The number of nitriles is 1. The van der Waals surface area contributed by atoms with Gasteiger partial charge in [0, 0.05) is 50.2 Å². The van der Waals surface area contributed by atoms with E-state index in [9.17, 15) is 10.1 Å². The molecule has 3 aliphatic rings. The zero-order valence-corrected chi connectivity index (χ0v) is 20.7. The van der Waals surface area contributed by atoms with Gasteiger partial charge < -0.3 is 19.4 Å². The standard InChI is InChI=1S/C25H33N7O2/c1-7-18(13-26)12-19(27-6)32-15-25(8-9-25)20-21(28-16-29-22(20)32)31-11-10-30(14-17(31)2)23(33)34-24(3,4)5/h7,12,16-17H,1,8-11,14-15H2,2-6H3/b18-12+,27-19?/t17-/m1/s1. The van der Waals surface area contributed by atoms with E-state index >= 15 is 0 Å². The van der Waals surface area contributed by atoms with Crippen molar-refractivity contribution in [3.05, 3.63) is 36.2 Å². The minimum Gasteiger partial charge on any atom is -0.444 e. The van der Waals surface area contributed by atoms with Crippen LogP contribution in [0.1, 0.15) is 46.1 Å². The van der Waals surface area contributed by atoms with Crippen molar-refractivity contribution in [2.24, 2.45) is 4.99 Å². The van der Waals surface area contributed by atoms with Crippen LogP contribution < -0.4 is 9.80 Å². The molecule has 2 aliphatic heterocycles. The normalized spacial score (nSPS) is 21.9. The van der Waals surface area contributed by atoms with Crippen LogP contribution in [0.3, 0.4) is 0 Å². The van der Waals surface area contributed by atoms with Gasteiger partial charge in [-0.05, 0) is 46.6 Å². The second kappa shape index (κ2) is 8.75. The van der Waals surface area contributed by atoms with Crippen molar-refractivity contribution in [2.75, 3.05) is 43.0 Å². The number of nitrogens with zero attached hydrogens (tertiary/aromatic N) is 7. The number of carbonyl (C=O) groups excluding carboxylic acids is 1. The molecular formula is C25H33N7O2. The summed E-state index contributed by atoms with van der Waals surface area (Å²) in [5.41, 5.74) is 1.09. The van der Waals surface area contributed by atoms with Crippen LogP contribution in [0.15, 0.2) is 35.6 Å². The van der Waals surface area contributed by atoms with E-state index in [4.69, 9.17) is 9.72 Å². The highest BCUT2D eigenvalue weighted by molar-refractivity contribution is 6.08. The fourth-order valence-corrected chi connectivity index (χ4v) is 4.77. The Hall–Kier alpha value is -3.41. The molecule has 0 N–H and O–H groups in total. The molecular weight excluding hydrogens is 430 g/mol. The van der Waals surface area contributed by atoms with Crippen molar-refractivity contribution in [3.63, 3.8) is 0 Å². The number of amides is 1. The Morgan fingerprint density at radius 3 is 2.59 bits per heavy atom. The molecule has 1 spiro atoms. The third-order valence-electron chi connectivity index (χ3n) is 6.60. The van der Waals surface area contributed by atoms with Gasteiger partial charge in [-0.3, -0.25) is 4.99 Å². The van der Waals surface area contributed by atoms with Gasteiger partial charge in [-0.15, -0.1) is 0 Å². The molecule has 0 radical (unpaired) electrons. The lowest BCUT2D eigenvalue weighted by Crippen LogP contribution is -2.55. The number of carbonyl (C=O) groups is 1. The average molecular weight is 464 g/mol. The maximum Gasteiger partial charge on any atom is 0.410 e. The van der Waals surface area contributed by atoms with Crippen LogP contribution in [0.5, 0.6) is 0 Å². The smallest absolute Gasteiger partial charge is 0.410 e. The topological polar surface area (TPSA) is 98.0 Å². The first-order valence-electron chi connectivity index (χ1n) is 11.7. The molecule has 1 aliphatic carbocycles.